The number of benzene rings is 1. The predicted octanol–water partition coefficient (Wildman–Crippen LogP) is 2.44. The number of fused-ring (bicyclic) bond motifs is 2. The van der Waals surface area contributed by atoms with E-state index in [9.17, 15) is 0 Å². The van der Waals surface area contributed by atoms with Crippen LogP contribution in [-0.4, -0.2) is 57.7 Å². The van der Waals surface area contributed by atoms with Crippen LogP contribution < -0.4 is 10.1 Å². The minimum absolute atomic E-state index is 0.0680. The Balaban J connectivity index is 1.37. The molecule has 1 fully saturated rings. The lowest BCUT2D eigenvalue weighted by molar-refractivity contribution is -0.101. The molecule has 4 heterocycles. The van der Waals surface area contributed by atoms with Gasteiger partial charge in [-0.15, -0.1) is 0 Å². The minimum Gasteiger partial charge on any atom is -0.474 e. The second-order valence-electron chi connectivity index (χ2n) is 6.38. The Kier molecular flexibility index (Phi) is 4.43. The maximum absolute atomic E-state index is 5.89. The molecule has 1 aliphatic rings. The first-order valence-corrected chi connectivity index (χ1v) is 9.00. The highest BCUT2D eigenvalue weighted by Crippen LogP contribution is 2.28. The van der Waals surface area contributed by atoms with E-state index < -0.39 is 0 Å². The molecule has 0 amide bonds. The largest absolute Gasteiger partial charge is 0.474 e. The summed E-state index contributed by atoms with van der Waals surface area (Å²) < 4.78 is 16.9. The molecule has 28 heavy (non-hydrogen) atoms. The number of ether oxygens (including phenoxy) is 3. The van der Waals surface area contributed by atoms with Crippen molar-refractivity contribution < 1.29 is 14.2 Å². The van der Waals surface area contributed by atoms with E-state index in [-0.39, 0.29) is 6.10 Å². The van der Waals surface area contributed by atoms with Crippen LogP contribution in [-0.2, 0) is 9.47 Å². The van der Waals surface area contributed by atoms with Crippen molar-refractivity contribution in [3.05, 3.63) is 42.9 Å². The molecule has 2 N–H and O–H groups in total. The molecule has 9 heteroatoms. The highest BCUT2D eigenvalue weighted by atomic mass is 16.6. The number of aromatic amines is 1. The van der Waals surface area contributed by atoms with Crippen molar-refractivity contribution in [1.82, 2.24) is 25.1 Å². The summed E-state index contributed by atoms with van der Waals surface area (Å²) in [6.07, 6.45) is 4.92. The van der Waals surface area contributed by atoms with Gasteiger partial charge in [0.25, 0.3) is 0 Å². The molecule has 0 bridgehead atoms. The fourth-order valence-corrected chi connectivity index (χ4v) is 3.13. The highest BCUT2D eigenvalue weighted by molar-refractivity contribution is 5.91. The van der Waals surface area contributed by atoms with Gasteiger partial charge in [0.1, 0.15) is 12.7 Å². The lowest BCUT2D eigenvalue weighted by atomic mass is 10.1. The molecule has 9 nitrogen and oxygen atoms in total. The van der Waals surface area contributed by atoms with E-state index in [1.807, 2.05) is 24.3 Å². The first-order chi connectivity index (χ1) is 13.9. The quantitative estimate of drug-likeness (QED) is 0.545. The van der Waals surface area contributed by atoms with Gasteiger partial charge in [-0.05, 0) is 29.7 Å². The number of hydrogen-bond acceptors (Lipinski definition) is 8. The molecule has 0 radical (unpaired) electrons. The summed E-state index contributed by atoms with van der Waals surface area (Å²) in [5, 5.41) is 12.3. The summed E-state index contributed by atoms with van der Waals surface area (Å²) in [5.41, 5.74) is 2.15. The fourth-order valence-electron chi connectivity index (χ4n) is 3.13. The Morgan fingerprint density at radius 1 is 1.11 bits per heavy atom. The molecule has 1 aromatic carbocycles. The number of pyridine rings is 1. The van der Waals surface area contributed by atoms with E-state index in [0.29, 0.717) is 49.3 Å². The van der Waals surface area contributed by atoms with Gasteiger partial charge >= 0.3 is 0 Å². The standard InChI is InChI=1S/C19H18N6O3/c1-2-15-12(3-4-22-19(15)28-11-14-10-26-7-8-27-14)9-13(1)23-18-16-17(24-25-18)21-6-5-20-16/h1-6,9,14H,7-8,10-11H2,(H2,21,23,24,25). The zero-order chi connectivity index (χ0) is 18.8. The zero-order valence-electron chi connectivity index (χ0n) is 15.0. The van der Waals surface area contributed by atoms with Crippen LogP contribution in [0.1, 0.15) is 0 Å². The first-order valence-electron chi connectivity index (χ1n) is 9.00. The number of hydrogen-bond donors (Lipinski definition) is 2. The Morgan fingerprint density at radius 2 is 2.07 bits per heavy atom. The third-order valence-corrected chi connectivity index (χ3v) is 4.48. The van der Waals surface area contributed by atoms with E-state index in [1.54, 1.807) is 18.6 Å². The second-order valence-corrected chi connectivity index (χ2v) is 6.38. The van der Waals surface area contributed by atoms with Crippen molar-refractivity contribution in [1.29, 1.82) is 0 Å². The van der Waals surface area contributed by atoms with Crippen LogP contribution in [0.15, 0.2) is 42.9 Å². The SMILES string of the molecule is c1cc2cc(Nc3[nH]nc4nccnc34)ccc2c(OCC2COCCO2)n1. The Hall–Kier alpha value is -3.30. The van der Waals surface area contributed by atoms with E-state index in [4.69, 9.17) is 14.2 Å². The van der Waals surface area contributed by atoms with Gasteiger partial charge in [-0.3, -0.25) is 5.10 Å². The van der Waals surface area contributed by atoms with Gasteiger partial charge in [0, 0.05) is 29.7 Å². The van der Waals surface area contributed by atoms with Gasteiger partial charge in [0.2, 0.25) is 11.5 Å². The number of rotatable bonds is 5. The molecule has 0 aliphatic carbocycles. The fraction of sp³-hybridized carbons (Fsp3) is 0.263. The molecule has 0 spiro atoms. The van der Waals surface area contributed by atoms with Gasteiger partial charge in [-0.2, -0.15) is 5.10 Å². The lowest BCUT2D eigenvalue weighted by Gasteiger charge is -2.22. The Bertz CT molecular complexity index is 1110. The third-order valence-electron chi connectivity index (χ3n) is 4.48. The molecule has 1 saturated heterocycles. The molecule has 3 aromatic heterocycles. The summed E-state index contributed by atoms with van der Waals surface area (Å²) in [4.78, 5) is 12.9. The number of nitrogens with zero attached hydrogens (tertiary/aromatic N) is 4. The van der Waals surface area contributed by atoms with Crippen molar-refractivity contribution in [2.45, 2.75) is 6.10 Å². The molecular weight excluding hydrogens is 360 g/mol. The Morgan fingerprint density at radius 3 is 3.00 bits per heavy atom. The van der Waals surface area contributed by atoms with Crippen LogP contribution in [0.2, 0.25) is 0 Å². The smallest absolute Gasteiger partial charge is 0.221 e. The van der Waals surface area contributed by atoms with Crippen molar-refractivity contribution in [2.75, 3.05) is 31.7 Å². The molecule has 142 valence electrons. The monoisotopic (exact) mass is 378 g/mol. The zero-order valence-corrected chi connectivity index (χ0v) is 15.0. The summed E-state index contributed by atoms with van der Waals surface area (Å²) in [6, 6.07) is 7.90. The number of aromatic nitrogens is 5. The van der Waals surface area contributed by atoms with Gasteiger partial charge < -0.3 is 19.5 Å². The average molecular weight is 378 g/mol. The summed E-state index contributed by atoms with van der Waals surface area (Å²) in [6.45, 7) is 2.18. The maximum atomic E-state index is 5.89. The summed E-state index contributed by atoms with van der Waals surface area (Å²) >= 11 is 0. The predicted molar refractivity (Wildman–Crippen MR) is 103 cm³/mol. The number of H-pyrrole nitrogens is 1. The van der Waals surface area contributed by atoms with Crippen LogP contribution in [0.25, 0.3) is 21.9 Å². The minimum atomic E-state index is -0.0680. The van der Waals surface area contributed by atoms with Gasteiger partial charge in [-0.1, -0.05) is 0 Å². The highest BCUT2D eigenvalue weighted by Gasteiger charge is 2.16. The van der Waals surface area contributed by atoms with Crippen LogP contribution in [0.4, 0.5) is 11.5 Å². The van der Waals surface area contributed by atoms with Crippen molar-refractivity contribution in [3.63, 3.8) is 0 Å². The normalized spacial score (nSPS) is 17.1. The number of anilines is 2. The summed E-state index contributed by atoms with van der Waals surface area (Å²) in [5.74, 6) is 1.28. The Labute approximate surface area is 160 Å². The molecule has 1 unspecified atom stereocenters. The van der Waals surface area contributed by atoms with E-state index in [0.717, 1.165) is 16.5 Å². The summed E-state index contributed by atoms with van der Waals surface area (Å²) in [7, 11) is 0. The van der Waals surface area contributed by atoms with Crippen LogP contribution in [0.5, 0.6) is 5.88 Å². The van der Waals surface area contributed by atoms with E-state index in [1.165, 1.54) is 0 Å². The van der Waals surface area contributed by atoms with E-state index in [2.05, 4.69) is 30.5 Å². The topological polar surface area (TPSA) is 107 Å². The molecule has 0 saturated carbocycles. The van der Waals surface area contributed by atoms with Gasteiger partial charge in [0.15, 0.2) is 11.3 Å². The molecule has 1 atom stereocenters. The van der Waals surface area contributed by atoms with Crippen molar-refractivity contribution >= 4 is 33.4 Å². The van der Waals surface area contributed by atoms with E-state index >= 15 is 0 Å². The average Bonchev–Trinajstić information content (AvgIpc) is 3.16. The van der Waals surface area contributed by atoms with Crippen molar-refractivity contribution in [2.24, 2.45) is 0 Å². The molecule has 5 rings (SSSR count). The third kappa shape index (κ3) is 3.32. The van der Waals surface area contributed by atoms with Crippen LogP contribution in [0.3, 0.4) is 0 Å². The number of nitrogens with one attached hydrogen (secondary N) is 2. The molecule has 1 aliphatic heterocycles. The van der Waals surface area contributed by atoms with Gasteiger partial charge in [-0.25, -0.2) is 15.0 Å². The van der Waals surface area contributed by atoms with Crippen LogP contribution in [0, 0.1) is 0 Å². The maximum Gasteiger partial charge on any atom is 0.221 e. The second kappa shape index (κ2) is 7.37. The van der Waals surface area contributed by atoms with Gasteiger partial charge in [0.05, 0.1) is 19.8 Å². The molecule has 4 aromatic rings. The molecular formula is C19H18N6O3. The lowest BCUT2D eigenvalue weighted by Crippen LogP contribution is -2.33. The van der Waals surface area contributed by atoms with Crippen LogP contribution >= 0.6 is 0 Å². The first kappa shape index (κ1) is 16.8. The van der Waals surface area contributed by atoms with Crippen molar-refractivity contribution in [3.8, 4) is 5.88 Å².